The summed E-state index contributed by atoms with van der Waals surface area (Å²) in [6, 6.07) is 23.2. The van der Waals surface area contributed by atoms with Crippen molar-refractivity contribution < 1.29 is 29.0 Å². The SMILES string of the molecule is CC(C)CC(NC(=O)OCC1c2ccccc2-c2ccccc21)C(=O)NC(C(=O)O)C(C)OCc1ccccc1. The van der Waals surface area contributed by atoms with Gasteiger partial charge < -0.3 is 25.2 Å². The maximum Gasteiger partial charge on any atom is 0.407 e. The van der Waals surface area contributed by atoms with E-state index in [0.29, 0.717) is 6.42 Å². The number of carboxylic acid groups (broad SMARTS) is 1. The van der Waals surface area contributed by atoms with Gasteiger partial charge in [0, 0.05) is 5.92 Å². The molecule has 3 N–H and O–H groups in total. The number of ether oxygens (including phenoxy) is 2. The Hall–Kier alpha value is -4.17. The van der Waals surface area contributed by atoms with Crippen LogP contribution in [0.1, 0.15) is 49.8 Å². The van der Waals surface area contributed by atoms with Gasteiger partial charge in [-0.3, -0.25) is 4.79 Å². The first-order chi connectivity index (χ1) is 19.2. The van der Waals surface area contributed by atoms with Crippen molar-refractivity contribution in [3.8, 4) is 11.1 Å². The van der Waals surface area contributed by atoms with E-state index in [0.717, 1.165) is 27.8 Å². The Morgan fingerprint density at radius 1 is 0.825 bits per heavy atom. The number of rotatable bonds is 12. The molecule has 210 valence electrons. The Kier molecular flexibility index (Phi) is 9.56. The minimum atomic E-state index is -1.30. The molecule has 8 heteroatoms. The van der Waals surface area contributed by atoms with Crippen LogP contribution in [0.25, 0.3) is 11.1 Å². The standard InChI is InChI=1S/C32H36N2O6/c1-20(2)17-28(30(35)34-29(31(36)37)21(3)39-18-22-11-5-4-6-12-22)33-32(38)40-19-27-25-15-9-7-13-23(25)24-14-8-10-16-26(24)27/h4-16,20-21,27-29H,17-19H2,1-3H3,(H,33,38)(H,34,35)(H,36,37). The lowest BCUT2D eigenvalue weighted by Gasteiger charge is -2.26. The Morgan fingerprint density at radius 3 is 1.98 bits per heavy atom. The minimum Gasteiger partial charge on any atom is -0.480 e. The summed E-state index contributed by atoms with van der Waals surface area (Å²) in [4.78, 5) is 38.1. The molecule has 0 fully saturated rings. The van der Waals surface area contributed by atoms with Crippen LogP contribution in [0.15, 0.2) is 78.9 Å². The van der Waals surface area contributed by atoms with Crippen LogP contribution in [0, 0.1) is 5.92 Å². The second-order valence-electron chi connectivity index (χ2n) is 10.5. The van der Waals surface area contributed by atoms with Crippen molar-refractivity contribution in [2.24, 2.45) is 5.92 Å². The Balaban J connectivity index is 1.38. The molecule has 3 unspecified atom stereocenters. The van der Waals surface area contributed by atoms with Crippen molar-refractivity contribution >= 4 is 18.0 Å². The number of fused-ring (bicyclic) bond motifs is 3. The molecular formula is C32H36N2O6. The molecule has 0 saturated carbocycles. The van der Waals surface area contributed by atoms with Crippen molar-refractivity contribution in [2.75, 3.05) is 6.61 Å². The van der Waals surface area contributed by atoms with Crippen LogP contribution in [0.4, 0.5) is 4.79 Å². The quantitative estimate of drug-likeness (QED) is 0.292. The lowest BCUT2D eigenvalue weighted by atomic mass is 9.98. The van der Waals surface area contributed by atoms with Crippen LogP contribution in [-0.2, 0) is 25.7 Å². The molecular weight excluding hydrogens is 508 g/mol. The van der Waals surface area contributed by atoms with E-state index in [1.165, 1.54) is 0 Å². The number of aliphatic carboxylic acids is 1. The van der Waals surface area contributed by atoms with E-state index in [9.17, 15) is 19.5 Å². The summed E-state index contributed by atoms with van der Waals surface area (Å²) in [6.07, 6.45) is -1.24. The van der Waals surface area contributed by atoms with Crippen molar-refractivity contribution in [1.29, 1.82) is 0 Å². The first-order valence-electron chi connectivity index (χ1n) is 13.5. The highest BCUT2D eigenvalue weighted by atomic mass is 16.5. The third kappa shape index (κ3) is 7.07. The molecule has 0 aromatic heterocycles. The summed E-state index contributed by atoms with van der Waals surface area (Å²) in [5.41, 5.74) is 5.29. The predicted octanol–water partition coefficient (Wildman–Crippen LogP) is 5.11. The number of alkyl carbamates (subject to hydrolysis) is 1. The lowest BCUT2D eigenvalue weighted by molar-refractivity contribution is -0.146. The maximum absolute atomic E-state index is 13.2. The molecule has 0 heterocycles. The number of amides is 2. The van der Waals surface area contributed by atoms with Gasteiger partial charge in [-0.05, 0) is 47.1 Å². The molecule has 2 amide bonds. The number of carbonyl (C=O) groups is 3. The van der Waals surface area contributed by atoms with Crippen molar-refractivity contribution in [3.63, 3.8) is 0 Å². The van der Waals surface area contributed by atoms with Crippen LogP contribution in [0.5, 0.6) is 0 Å². The Labute approximate surface area is 234 Å². The van der Waals surface area contributed by atoms with Crippen LogP contribution < -0.4 is 10.6 Å². The highest BCUT2D eigenvalue weighted by molar-refractivity contribution is 5.89. The molecule has 3 aromatic rings. The van der Waals surface area contributed by atoms with E-state index in [1.54, 1.807) is 6.92 Å². The van der Waals surface area contributed by atoms with E-state index < -0.39 is 36.2 Å². The predicted molar refractivity (Wildman–Crippen MR) is 152 cm³/mol. The third-order valence-electron chi connectivity index (χ3n) is 7.05. The van der Waals surface area contributed by atoms with Gasteiger partial charge in [0.2, 0.25) is 5.91 Å². The summed E-state index contributed by atoms with van der Waals surface area (Å²) in [7, 11) is 0. The van der Waals surface area contributed by atoms with Crippen LogP contribution >= 0.6 is 0 Å². The summed E-state index contributed by atoms with van der Waals surface area (Å²) in [5, 5.41) is 15.0. The fourth-order valence-electron chi connectivity index (χ4n) is 5.02. The van der Waals surface area contributed by atoms with Gasteiger partial charge in [-0.25, -0.2) is 9.59 Å². The normalized spacial score (nSPS) is 14.5. The van der Waals surface area contributed by atoms with Crippen LogP contribution in [0.3, 0.4) is 0 Å². The van der Waals surface area contributed by atoms with Gasteiger partial charge in [0.05, 0.1) is 12.7 Å². The first-order valence-corrected chi connectivity index (χ1v) is 13.5. The average molecular weight is 545 g/mol. The Morgan fingerprint density at radius 2 is 1.40 bits per heavy atom. The van der Waals surface area contributed by atoms with Crippen LogP contribution in [0.2, 0.25) is 0 Å². The third-order valence-corrected chi connectivity index (χ3v) is 7.05. The lowest BCUT2D eigenvalue weighted by Crippen LogP contribution is -2.55. The van der Waals surface area contributed by atoms with Gasteiger partial charge in [0.25, 0.3) is 0 Å². The number of hydrogen-bond acceptors (Lipinski definition) is 5. The van der Waals surface area contributed by atoms with E-state index in [-0.39, 0.29) is 25.0 Å². The van der Waals surface area contributed by atoms with Crippen molar-refractivity contribution in [3.05, 3.63) is 95.6 Å². The number of hydrogen-bond donors (Lipinski definition) is 3. The Bertz CT molecular complexity index is 1280. The van der Waals surface area contributed by atoms with E-state index >= 15 is 0 Å². The van der Waals surface area contributed by atoms with E-state index in [2.05, 4.69) is 22.8 Å². The summed E-state index contributed by atoms with van der Waals surface area (Å²) in [6.45, 7) is 5.74. The second-order valence-corrected chi connectivity index (χ2v) is 10.5. The molecule has 0 saturated heterocycles. The topological polar surface area (TPSA) is 114 Å². The number of benzene rings is 3. The highest BCUT2D eigenvalue weighted by Gasteiger charge is 2.33. The van der Waals surface area contributed by atoms with Gasteiger partial charge in [-0.2, -0.15) is 0 Å². The van der Waals surface area contributed by atoms with Gasteiger partial charge in [-0.15, -0.1) is 0 Å². The fourth-order valence-corrected chi connectivity index (χ4v) is 5.02. The molecule has 0 radical (unpaired) electrons. The van der Waals surface area contributed by atoms with Crippen LogP contribution in [-0.4, -0.2) is 47.9 Å². The zero-order chi connectivity index (χ0) is 28.6. The van der Waals surface area contributed by atoms with Gasteiger partial charge in [0.1, 0.15) is 12.6 Å². The second kappa shape index (κ2) is 13.3. The molecule has 3 atom stereocenters. The molecule has 3 aromatic carbocycles. The van der Waals surface area contributed by atoms with Gasteiger partial charge in [-0.1, -0.05) is 92.7 Å². The summed E-state index contributed by atoms with van der Waals surface area (Å²) < 4.78 is 11.4. The molecule has 1 aliphatic carbocycles. The molecule has 1 aliphatic rings. The van der Waals surface area contributed by atoms with Gasteiger partial charge in [0.15, 0.2) is 6.04 Å². The summed E-state index contributed by atoms with van der Waals surface area (Å²) >= 11 is 0. The number of carbonyl (C=O) groups excluding carboxylic acids is 2. The van der Waals surface area contributed by atoms with Crippen molar-refractivity contribution in [2.45, 2.75) is 57.9 Å². The molecule has 4 rings (SSSR count). The smallest absolute Gasteiger partial charge is 0.407 e. The van der Waals surface area contributed by atoms with E-state index in [1.807, 2.05) is 80.6 Å². The monoisotopic (exact) mass is 544 g/mol. The first kappa shape index (κ1) is 28.8. The molecule has 0 spiro atoms. The molecule has 40 heavy (non-hydrogen) atoms. The minimum absolute atomic E-state index is 0.0552. The molecule has 0 bridgehead atoms. The average Bonchev–Trinajstić information content (AvgIpc) is 3.26. The fraction of sp³-hybridized carbons (Fsp3) is 0.344. The van der Waals surface area contributed by atoms with Crippen molar-refractivity contribution in [1.82, 2.24) is 10.6 Å². The van der Waals surface area contributed by atoms with Gasteiger partial charge >= 0.3 is 12.1 Å². The summed E-state index contributed by atoms with van der Waals surface area (Å²) in [5.74, 6) is -1.89. The zero-order valence-corrected chi connectivity index (χ0v) is 23.0. The molecule has 0 aliphatic heterocycles. The largest absolute Gasteiger partial charge is 0.480 e. The number of nitrogens with one attached hydrogen (secondary N) is 2. The maximum atomic E-state index is 13.2. The number of carboxylic acids is 1. The highest BCUT2D eigenvalue weighted by Crippen LogP contribution is 2.44. The van der Waals surface area contributed by atoms with E-state index in [4.69, 9.17) is 9.47 Å². The zero-order valence-electron chi connectivity index (χ0n) is 23.0. The molecule has 8 nitrogen and oxygen atoms in total.